The van der Waals surface area contributed by atoms with E-state index in [-0.39, 0.29) is 11.1 Å². The molecular weight excluding hydrogens is 582 g/mol. The summed E-state index contributed by atoms with van der Waals surface area (Å²) in [6.07, 6.45) is 6.34. The number of amides is 2. The first-order valence-electron chi connectivity index (χ1n) is 15.5. The lowest BCUT2D eigenvalue weighted by atomic mass is 9.92. The maximum Gasteiger partial charge on any atom is 0.262 e. The molecule has 0 saturated heterocycles. The quantitative estimate of drug-likeness (QED) is 0.0635. The summed E-state index contributed by atoms with van der Waals surface area (Å²) in [6.45, 7) is 9.97. The fourth-order valence-electron chi connectivity index (χ4n) is 5.25. The van der Waals surface area contributed by atoms with Gasteiger partial charge in [-0.25, -0.2) is 0 Å². The summed E-state index contributed by atoms with van der Waals surface area (Å²) in [5, 5.41) is 25.8. The maximum atomic E-state index is 13.2. The zero-order chi connectivity index (χ0) is 34.1. The number of nitrogens with one attached hydrogen (secondary N) is 2. The molecule has 0 radical (unpaired) electrons. The van der Waals surface area contributed by atoms with Gasteiger partial charge in [0.05, 0.1) is 27.2 Å². The van der Waals surface area contributed by atoms with E-state index in [9.17, 15) is 20.1 Å². The summed E-state index contributed by atoms with van der Waals surface area (Å²) < 4.78 is 0.671. The Labute approximate surface area is 278 Å². The minimum atomic E-state index is -0.442. The Balaban J connectivity index is 1.58. The summed E-state index contributed by atoms with van der Waals surface area (Å²) >= 11 is 0. The van der Waals surface area contributed by atoms with Crippen molar-refractivity contribution in [2.45, 2.75) is 12.8 Å². The molecule has 238 valence electrons. The maximum absolute atomic E-state index is 13.2. The van der Waals surface area contributed by atoms with Gasteiger partial charge in [0, 0.05) is 37.1 Å². The standard InChI is InChI=1S/C40H41N5O2/c1-5-18-31(6-2)37(32-19-10-7-11-20-32)35(29-41)39(46)43-25-16-27-45(3,4)28-17-26-44-40(47)36(30-42)38(33-21-12-8-13-22-33)34-23-14-9-15-24-34/h5-15,18-24H,1-2,16-17,25-28H2,3-4H3,(H-,43,44,46,47)/p+1/b31-18+,37-35-. The minimum Gasteiger partial charge on any atom is -0.351 e. The Kier molecular flexibility index (Phi) is 13.9. The molecular formula is C40H42N5O2+. The van der Waals surface area contributed by atoms with Gasteiger partial charge in [-0.3, -0.25) is 9.59 Å². The van der Waals surface area contributed by atoms with Crippen LogP contribution >= 0.6 is 0 Å². The number of benzene rings is 3. The topological polar surface area (TPSA) is 106 Å². The lowest BCUT2D eigenvalue weighted by Crippen LogP contribution is -2.43. The highest BCUT2D eigenvalue weighted by Crippen LogP contribution is 2.28. The van der Waals surface area contributed by atoms with E-state index in [0.717, 1.165) is 29.8 Å². The van der Waals surface area contributed by atoms with Gasteiger partial charge in [-0.15, -0.1) is 0 Å². The van der Waals surface area contributed by atoms with Crippen molar-refractivity contribution in [2.75, 3.05) is 40.3 Å². The fraction of sp³-hybridized carbons (Fsp3) is 0.200. The minimum absolute atomic E-state index is 0.0159. The van der Waals surface area contributed by atoms with Crippen LogP contribution < -0.4 is 10.6 Å². The van der Waals surface area contributed by atoms with Crippen molar-refractivity contribution in [3.63, 3.8) is 0 Å². The first-order valence-corrected chi connectivity index (χ1v) is 15.5. The normalized spacial score (nSPS) is 11.6. The Morgan fingerprint density at radius 1 is 0.702 bits per heavy atom. The molecule has 0 aliphatic carbocycles. The van der Waals surface area contributed by atoms with Crippen molar-refractivity contribution >= 4 is 23.0 Å². The lowest BCUT2D eigenvalue weighted by Gasteiger charge is -2.30. The number of rotatable bonds is 16. The van der Waals surface area contributed by atoms with Gasteiger partial charge in [-0.1, -0.05) is 122 Å². The van der Waals surface area contributed by atoms with E-state index < -0.39 is 11.8 Å². The molecule has 0 aromatic heterocycles. The number of carbonyl (C=O) groups is 2. The predicted octanol–water partition coefficient (Wildman–Crippen LogP) is 6.38. The van der Waals surface area contributed by atoms with E-state index in [0.29, 0.717) is 47.1 Å². The molecule has 0 fully saturated rings. The third kappa shape index (κ3) is 10.4. The molecule has 0 heterocycles. The van der Waals surface area contributed by atoms with Gasteiger partial charge in [0.25, 0.3) is 11.8 Å². The highest BCUT2D eigenvalue weighted by Gasteiger charge is 2.21. The summed E-state index contributed by atoms with van der Waals surface area (Å²) in [4.78, 5) is 26.4. The van der Waals surface area contributed by atoms with Crippen LogP contribution in [0, 0.1) is 22.7 Å². The second-order valence-electron chi connectivity index (χ2n) is 11.5. The molecule has 3 aromatic rings. The second kappa shape index (κ2) is 18.3. The van der Waals surface area contributed by atoms with Crippen LogP contribution in [0.1, 0.15) is 29.5 Å². The monoisotopic (exact) mass is 624 g/mol. The third-order valence-corrected chi connectivity index (χ3v) is 7.62. The van der Waals surface area contributed by atoms with Gasteiger partial charge in [-0.05, 0) is 22.3 Å². The average molecular weight is 625 g/mol. The Morgan fingerprint density at radius 2 is 1.13 bits per heavy atom. The Morgan fingerprint density at radius 3 is 1.53 bits per heavy atom. The average Bonchev–Trinajstić information content (AvgIpc) is 3.10. The molecule has 7 nitrogen and oxygen atoms in total. The molecule has 0 atom stereocenters. The smallest absolute Gasteiger partial charge is 0.262 e. The van der Waals surface area contributed by atoms with Gasteiger partial charge < -0.3 is 15.1 Å². The molecule has 0 unspecified atom stereocenters. The van der Waals surface area contributed by atoms with E-state index in [1.54, 1.807) is 18.2 Å². The molecule has 0 saturated carbocycles. The first-order chi connectivity index (χ1) is 22.8. The third-order valence-electron chi connectivity index (χ3n) is 7.62. The Bertz CT molecular complexity index is 1680. The molecule has 2 amide bonds. The summed E-state index contributed by atoms with van der Waals surface area (Å²) in [5.74, 6) is -0.843. The second-order valence-corrected chi connectivity index (χ2v) is 11.5. The number of quaternary nitrogens is 1. The summed E-state index contributed by atoms with van der Waals surface area (Å²) in [7, 11) is 4.19. The van der Waals surface area contributed by atoms with Crippen LogP contribution in [-0.2, 0) is 9.59 Å². The van der Waals surface area contributed by atoms with Crippen LogP contribution in [0.25, 0.3) is 11.1 Å². The van der Waals surface area contributed by atoms with E-state index >= 15 is 0 Å². The van der Waals surface area contributed by atoms with Crippen molar-refractivity contribution < 1.29 is 14.1 Å². The summed E-state index contributed by atoms with van der Waals surface area (Å²) in [6, 6.07) is 32.5. The molecule has 3 rings (SSSR count). The first kappa shape index (κ1) is 35.7. The number of nitrogens with zero attached hydrogens (tertiary/aromatic N) is 3. The van der Waals surface area contributed by atoms with E-state index in [2.05, 4.69) is 50.0 Å². The molecule has 3 aromatic carbocycles. The van der Waals surface area contributed by atoms with Gasteiger partial charge in [0.1, 0.15) is 23.3 Å². The van der Waals surface area contributed by atoms with Crippen LogP contribution in [-0.4, -0.2) is 56.6 Å². The van der Waals surface area contributed by atoms with Crippen LogP contribution in [0.5, 0.6) is 0 Å². The van der Waals surface area contributed by atoms with Crippen molar-refractivity contribution in [1.82, 2.24) is 10.6 Å². The number of carbonyl (C=O) groups excluding carboxylic acids is 2. The highest BCUT2D eigenvalue weighted by atomic mass is 16.2. The zero-order valence-corrected chi connectivity index (χ0v) is 27.2. The number of allylic oxidation sites excluding steroid dienone is 5. The number of hydrogen-bond acceptors (Lipinski definition) is 4. The molecule has 7 heteroatoms. The molecule has 0 aliphatic heterocycles. The fourth-order valence-corrected chi connectivity index (χ4v) is 5.25. The van der Waals surface area contributed by atoms with Gasteiger partial charge >= 0.3 is 0 Å². The van der Waals surface area contributed by atoms with Crippen LogP contribution in [0.15, 0.2) is 139 Å². The molecule has 0 spiro atoms. The largest absolute Gasteiger partial charge is 0.351 e. The van der Waals surface area contributed by atoms with Gasteiger partial charge in [-0.2, -0.15) is 10.5 Å². The van der Waals surface area contributed by atoms with Gasteiger partial charge in [0.2, 0.25) is 0 Å². The lowest BCUT2D eigenvalue weighted by molar-refractivity contribution is -0.890. The van der Waals surface area contributed by atoms with Crippen LogP contribution in [0.4, 0.5) is 0 Å². The molecule has 47 heavy (non-hydrogen) atoms. The number of nitriles is 2. The van der Waals surface area contributed by atoms with Crippen LogP contribution in [0.2, 0.25) is 0 Å². The van der Waals surface area contributed by atoms with Crippen molar-refractivity contribution in [2.24, 2.45) is 0 Å². The van der Waals surface area contributed by atoms with Crippen molar-refractivity contribution in [3.8, 4) is 12.1 Å². The predicted molar refractivity (Wildman–Crippen MR) is 189 cm³/mol. The number of hydrogen-bond donors (Lipinski definition) is 2. The molecule has 2 N–H and O–H groups in total. The summed E-state index contributed by atoms with van der Waals surface area (Å²) in [5.41, 5.74) is 4.19. The Hall–Kier alpha value is -5.76. The van der Waals surface area contributed by atoms with E-state index in [4.69, 9.17) is 0 Å². The highest BCUT2D eigenvalue weighted by molar-refractivity contribution is 6.09. The molecule has 0 aliphatic rings. The van der Waals surface area contributed by atoms with E-state index in [1.807, 2.05) is 91.0 Å². The van der Waals surface area contributed by atoms with Gasteiger partial charge in [0.15, 0.2) is 0 Å². The SMILES string of the molecule is C=C/C=C(C=C)/C(=C(\C#N)C(=O)NCCC[N+](C)(C)CCCNC(=O)C(C#N)=C(c1ccccc1)c1ccccc1)c1ccccc1. The molecule has 0 bridgehead atoms. The van der Waals surface area contributed by atoms with Crippen molar-refractivity contribution in [1.29, 1.82) is 10.5 Å². The van der Waals surface area contributed by atoms with Crippen LogP contribution in [0.3, 0.4) is 0 Å². The zero-order valence-electron chi connectivity index (χ0n) is 27.2. The van der Waals surface area contributed by atoms with E-state index in [1.165, 1.54) is 0 Å². The van der Waals surface area contributed by atoms with Crippen molar-refractivity contribution in [3.05, 3.63) is 156 Å².